The third-order valence-electron chi connectivity index (χ3n) is 5.18. The Hall–Kier alpha value is -0.160. The van der Waals surface area contributed by atoms with E-state index in [2.05, 4.69) is 17.1 Å². The smallest absolute Gasteiger partial charge is 0.0700 e. The molecular weight excluding hydrogens is 264 g/mol. The number of hydrogen-bond donors (Lipinski definition) is 1. The summed E-state index contributed by atoms with van der Waals surface area (Å²) in [5, 5.41) is 3.89. The van der Waals surface area contributed by atoms with Crippen LogP contribution in [0.15, 0.2) is 0 Å². The highest BCUT2D eigenvalue weighted by molar-refractivity contribution is 4.99. The fraction of sp³-hybridized carbons (Fsp3) is 1.00. The van der Waals surface area contributed by atoms with Gasteiger partial charge in [-0.05, 0) is 25.7 Å². The first-order valence-corrected chi connectivity index (χ1v) is 8.85. The van der Waals surface area contributed by atoms with Gasteiger partial charge in [-0.15, -0.1) is 0 Å². The number of rotatable bonds is 8. The first-order valence-electron chi connectivity index (χ1n) is 8.85. The molecule has 2 rings (SSSR count). The summed E-state index contributed by atoms with van der Waals surface area (Å²) < 4.78 is 10.6. The monoisotopic (exact) mass is 298 g/mol. The van der Waals surface area contributed by atoms with E-state index in [4.69, 9.17) is 9.47 Å². The Morgan fingerprint density at radius 1 is 1.14 bits per heavy atom. The van der Waals surface area contributed by atoms with E-state index in [1.807, 2.05) is 0 Å². The molecule has 0 aromatic carbocycles. The van der Waals surface area contributed by atoms with Gasteiger partial charge >= 0.3 is 0 Å². The normalized spacial score (nSPS) is 26.3. The molecule has 0 radical (unpaired) electrons. The van der Waals surface area contributed by atoms with Crippen LogP contribution in [-0.4, -0.2) is 63.0 Å². The van der Waals surface area contributed by atoms with Crippen molar-refractivity contribution in [1.82, 2.24) is 10.2 Å². The Balaban J connectivity index is 1.74. The van der Waals surface area contributed by atoms with Crippen molar-refractivity contribution in [3.63, 3.8) is 0 Å². The van der Waals surface area contributed by atoms with Crippen molar-refractivity contribution in [3.8, 4) is 0 Å². The van der Waals surface area contributed by atoms with Crippen molar-refractivity contribution >= 4 is 0 Å². The molecule has 0 aromatic heterocycles. The molecule has 1 saturated carbocycles. The van der Waals surface area contributed by atoms with E-state index in [1.54, 1.807) is 7.11 Å². The lowest BCUT2D eigenvalue weighted by Gasteiger charge is -2.49. The zero-order valence-electron chi connectivity index (χ0n) is 14.0. The van der Waals surface area contributed by atoms with E-state index in [0.717, 1.165) is 19.6 Å². The van der Waals surface area contributed by atoms with Gasteiger partial charge < -0.3 is 14.8 Å². The van der Waals surface area contributed by atoms with E-state index in [9.17, 15) is 0 Å². The zero-order chi connectivity index (χ0) is 15.0. The standard InChI is InChI=1S/C17H34N2O2/c1-3-16-14-18-17(8-5-4-6-9-17)15-19(16)10-7-11-21-13-12-20-2/h16,18H,3-15H2,1-2H3. The maximum absolute atomic E-state index is 5.60. The van der Waals surface area contributed by atoms with Crippen molar-refractivity contribution in [3.05, 3.63) is 0 Å². The van der Waals surface area contributed by atoms with Crippen LogP contribution in [0.25, 0.3) is 0 Å². The minimum absolute atomic E-state index is 0.417. The second kappa shape index (κ2) is 9.09. The molecule has 0 amide bonds. The average Bonchev–Trinajstić information content (AvgIpc) is 2.52. The molecule has 1 saturated heterocycles. The first kappa shape index (κ1) is 17.2. The van der Waals surface area contributed by atoms with Gasteiger partial charge in [0, 0.05) is 44.9 Å². The van der Waals surface area contributed by atoms with Gasteiger partial charge in [-0.2, -0.15) is 0 Å². The van der Waals surface area contributed by atoms with Gasteiger partial charge in [-0.25, -0.2) is 0 Å². The molecule has 2 aliphatic rings. The molecule has 2 fully saturated rings. The Bertz CT molecular complexity index is 280. The van der Waals surface area contributed by atoms with Crippen molar-refractivity contribution in [2.24, 2.45) is 0 Å². The largest absolute Gasteiger partial charge is 0.382 e. The van der Waals surface area contributed by atoms with Gasteiger partial charge in [0.15, 0.2) is 0 Å². The number of hydrogen-bond acceptors (Lipinski definition) is 4. The van der Waals surface area contributed by atoms with Gasteiger partial charge in [0.2, 0.25) is 0 Å². The second-order valence-corrected chi connectivity index (χ2v) is 6.71. The summed E-state index contributed by atoms with van der Waals surface area (Å²) >= 11 is 0. The summed E-state index contributed by atoms with van der Waals surface area (Å²) in [6, 6.07) is 0.705. The third kappa shape index (κ3) is 5.20. The van der Waals surface area contributed by atoms with Gasteiger partial charge in [0.1, 0.15) is 0 Å². The van der Waals surface area contributed by atoms with E-state index in [1.165, 1.54) is 58.2 Å². The van der Waals surface area contributed by atoms with Crippen molar-refractivity contribution in [1.29, 1.82) is 0 Å². The number of methoxy groups -OCH3 is 1. The highest BCUT2D eigenvalue weighted by Crippen LogP contribution is 2.32. The summed E-state index contributed by atoms with van der Waals surface area (Å²) in [7, 11) is 1.72. The van der Waals surface area contributed by atoms with Crippen LogP contribution in [0.1, 0.15) is 51.9 Å². The van der Waals surface area contributed by atoms with Crippen LogP contribution in [0, 0.1) is 0 Å². The quantitative estimate of drug-likeness (QED) is 0.698. The summed E-state index contributed by atoms with van der Waals surface area (Å²) in [6.45, 7) is 8.18. The van der Waals surface area contributed by atoms with E-state index < -0.39 is 0 Å². The molecule has 0 aromatic rings. The predicted octanol–water partition coefficient (Wildman–Crippen LogP) is 2.43. The van der Waals surface area contributed by atoms with Crippen molar-refractivity contribution in [2.45, 2.75) is 63.5 Å². The molecule has 1 spiro atoms. The maximum atomic E-state index is 5.60. The molecule has 1 atom stereocenters. The van der Waals surface area contributed by atoms with E-state index in [-0.39, 0.29) is 0 Å². The Labute approximate surface area is 130 Å². The zero-order valence-corrected chi connectivity index (χ0v) is 14.0. The highest BCUT2D eigenvalue weighted by Gasteiger charge is 2.38. The van der Waals surface area contributed by atoms with Crippen LogP contribution >= 0.6 is 0 Å². The lowest BCUT2D eigenvalue weighted by atomic mass is 9.79. The molecule has 1 aliphatic carbocycles. The third-order valence-corrected chi connectivity index (χ3v) is 5.18. The molecule has 1 aliphatic heterocycles. The van der Waals surface area contributed by atoms with Gasteiger partial charge in [0.25, 0.3) is 0 Å². The minimum Gasteiger partial charge on any atom is -0.382 e. The fourth-order valence-corrected chi connectivity index (χ4v) is 3.88. The Morgan fingerprint density at radius 3 is 2.67 bits per heavy atom. The van der Waals surface area contributed by atoms with Crippen LogP contribution in [0.5, 0.6) is 0 Å². The predicted molar refractivity (Wildman–Crippen MR) is 86.8 cm³/mol. The summed E-state index contributed by atoms with van der Waals surface area (Å²) in [5.74, 6) is 0. The molecule has 0 bridgehead atoms. The number of nitrogens with zero attached hydrogens (tertiary/aromatic N) is 1. The fourth-order valence-electron chi connectivity index (χ4n) is 3.88. The van der Waals surface area contributed by atoms with Crippen LogP contribution < -0.4 is 5.32 Å². The Kier molecular flexibility index (Phi) is 7.44. The van der Waals surface area contributed by atoms with Crippen molar-refractivity contribution in [2.75, 3.05) is 46.6 Å². The minimum atomic E-state index is 0.417. The molecule has 124 valence electrons. The molecule has 4 heteroatoms. The van der Waals surface area contributed by atoms with Crippen LogP contribution in [0.2, 0.25) is 0 Å². The first-order chi connectivity index (χ1) is 10.3. The highest BCUT2D eigenvalue weighted by atomic mass is 16.5. The molecule has 4 nitrogen and oxygen atoms in total. The lowest BCUT2D eigenvalue weighted by molar-refractivity contribution is 0.0355. The lowest BCUT2D eigenvalue weighted by Crippen LogP contribution is -2.64. The summed E-state index contributed by atoms with van der Waals surface area (Å²) in [6.07, 6.45) is 9.34. The second-order valence-electron chi connectivity index (χ2n) is 6.71. The summed E-state index contributed by atoms with van der Waals surface area (Å²) in [4.78, 5) is 2.72. The van der Waals surface area contributed by atoms with E-state index in [0.29, 0.717) is 18.2 Å². The topological polar surface area (TPSA) is 33.7 Å². The molecule has 1 N–H and O–H groups in total. The van der Waals surface area contributed by atoms with Crippen LogP contribution in [-0.2, 0) is 9.47 Å². The van der Waals surface area contributed by atoms with E-state index >= 15 is 0 Å². The van der Waals surface area contributed by atoms with Gasteiger partial charge in [-0.3, -0.25) is 4.90 Å². The van der Waals surface area contributed by atoms with Crippen molar-refractivity contribution < 1.29 is 9.47 Å². The molecular formula is C17H34N2O2. The van der Waals surface area contributed by atoms with Crippen LogP contribution in [0.4, 0.5) is 0 Å². The maximum Gasteiger partial charge on any atom is 0.0700 e. The van der Waals surface area contributed by atoms with Gasteiger partial charge in [0.05, 0.1) is 13.2 Å². The number of nitrogens with one attached hydrogen (secondary N) is 1. The number of ether oxygens (including phenoxy) is 2. The molecule has 1 heterocycles. The molecule has 21 heavy (non-hydrogen) atoms. The average molecular weight is 298 g/mol. The SMILES string of the molecule is CCC1CNC2(CCCCC2)CN1CCCOCCOC. The number of piperazine rings is 1. The Morgan fingerprint density at radius 2 is 1.95 bits per heavy atom. The van der Waals surface area contributed by atoms with Gasteiger partial charge in [-0.1, -0.05) is 26.2 Å². The van der Waals surface area contributed by atoms with Crippen LogP contribution in [0.3, 0.4) is 0 Å². The molecule has 1 unspecified atom stereocenters. The summed E-state index contributed by atoms with van der Waals surface area (Å²) in [5.41, 5.74) is 0.417.